The first-order valence-electron chi connectivity index (χ1n) is 10.5. The number of fused-ring (bicyclic) bond motifs is 2. The van der Waals surface area contributed by atoms with E-state index in [0.717, 1.165) is 38.2 Å². The highest BCUT2D eigenvalue weighted by Crippen LogP contribution is 2.44. The third-order valence-corrected chi connectivity index (χ3v) is 7.26. The Balaban J connectivity index is 1.89. The molecule has 0 spiro atoms. The Labute approximate surface area is 193 Å². The standard InChI is InChI=1S/C28H22O4S/c1-31-25-16-13-22-18-21(19-8-4-3-5-9-19)12-15-24(22)27(25)28-23-11-7-6-10-20(23)14-17-26(28)33(29,30)32-2/h3-18H,1-2H3. The predicted octanol–water partition coefficient (Wildman–Crippen LogP) is 6.67. The van der Waals surface area contributed by atoms with Crippen LogP contribution in [0, 0.1) is 0 Å². The van der Waals surface area contributed by atoms with Crippen molar-refractivity contribution in [2.45, 2.75) is 4.90 Å². The summed E-state index contributed by atoms with van der Waals surface area (Å²) in [6.07, 6.45) is 0. The Morgan fingerprint density at radius 3 is 2.06 bits per heavy atom. The monoisotopic (exact) mass is 454 g/mol. The van der Waals surface area contributed by atoms with Gasteiger partial charge in [-0.25, -0.2) is 0 Å². The summed E-state index contributed by atoms with van der Waals surface area (Å²) < 4.78 is 36.6. The normalized spacial score (nSPS) is 11.7. The lowest BCUT2D eigenvalue weighted by molar-refractivity contribution is 0.398. The van der Waals surface area contributed by atoms with Gasteiger partial charge in [-0.1, -0.05) is 78.9 Å². The smallest absolute Gasteiger partial charge is 0.297 e. The maximum absolute atomic E-state index is 13.0. The molecule has 0 unspecified atom stereocenters. The van der Waals surface area contributed by atoms with Gasteiger partial charge in [0.15, 0.2) is 0 Å². The van der Waals surface area contributed by atoms with Crippen molar-refractivity contribution in [1.29, 1.82) is 0 Å². The van der Waals surface area contributed by atoms with Crippen LogP contribution in [0.5, 0.6) is 5.75 Å². The highest BCUT2D eigenvalue weighted by Gasteiger charge is 2.25. The van der Waals surface area contributed by atoms with Gasteiger partial charge < -0.3 is 4.74 Å². The Bertz CT molecular complexity index is 1590. The minimum Gasteiger partial charge on any atom is -0.496 e. The van der Waals surface area contributed by atoms with Gasteiger partial charge in [0.25, 0.3) is 10.1 Å². The summed E-state index contributed by atoms with van der Waals surface area (Å²) in [7, 11) is -1.19. The van der Waals surface area contributed by atoms with Crippen LogP contribution in [0.2, 0.25) is 0 Å². The Hall–Kier alpha value is -3.67. The van der Waals surface area contributed by atoms with Gasteiger partial charge in [-0.2, -0.15) is 8.42 Å². The van der Waals surface area contributed by atoms with Crippen LogP contribution in [0.4, 0.5) is 0 Å². The summed E-state index contributed by atoms with van der Waals surface area (Å²) in [5, 5.41) is 3.63. The van der Waals surface area contributed by atoms with Gasteiger partial charge in [0.05, 0.1) is 14.2 Å². The number of rotatable bonds is 5. The van der Waals surface area contributed by atoms with Crippen molar-refractivity contribution < 1.29 is 17.3 Å². The summed E-state index contributed by atoms with van der Waals surface area (Å²) >= 11 is 0. The lowest BCUT2D eigenvalue weighted by Gasteiger charge is -2.18. The lowest BCUT2D eigenvalue weighted by Crippen LogP contribution is -2.06. The largest absolute Gasteiger partial charge is 0.496 e. The van der Waals surface area contributed by atoms with Crippen LogP contribution in [-0.2, 0) is 14.3 Å². The quantitative estimate of drug-likeness (QED) is 0.278. The van der Waals surface area contributed by atoms with Crippen LogP contribution in [0.15, 0.2) is 102 Å². The molecular weight excluding hydrogens is 432 g/mol. The molecular formula is C28H22O4S. The van der Waals surface area contributed by atoms with Crippen molar-refractivity contribution in [2.24, 2.45) is 0 Å². The fourth-order valence-electron chi connectivity index (χ4n) is 4.36. The van der Waals surface area contributed by atoms with Crippen molar-refractivity contribution in [3.63, 3.8) is 0 Å². The molecule has 0 saturated heterocycles. The zero-order chi connectivity index (χ0) is 23.0. The van der Waals surface area contributed by atoms with E-state index >= 15 is 0 Å². The molecule has 0 saturated carbocycles. The minimum atomic E-state index is -3.97. The maximum Gasteiger partial charge on any atom is 0.297 e. The van der Waals surface area contributed by atoms with E-state index in [1.54, 1.807) is 19.2 Å². The van der Waals surface area contributed by atoms with Gasteiger partial charge in [-0.05, 0) is 50.9 Å². The molecule has 0 heterocycles. The third kappa shape index (κ3) is 3.65. The molecule has 33 heavy (non-hydrogen) atoms. The molecule has 5 aromatic rings. The van der Waals surface area contributed by atoms with Crippen LogP contribution >= 0.6 is 0 Å². The summed E-state index contributed by atoms with van der Waals surface area (Å²) in [4.78, 5) is 0.113. The third-order valence-electron chi connectivity index (χ3n) is 5.94. The highest BCUT2D eigenvalue weighted by molar-refractivity contribution is 7.87. The van der Waals surface area contributed by atoms with Crippen molar-refractivity contribution >= 4 is 31.7 Å². The van der Waals surface area contributed by atoms with E-state index in [1.807, 2.05) is 60.7 Å². The SMILES string of the molecule is COc1ccc2cc(-c3ccccc3)ccc2c1-c1c(S(=O)(=O)OC)ccc2ccccc12. The zero-order valence-corrected chi connectivity index (χ0v) is 19.1. The molecule has 0 aromatic heterocycles. The summed E-state index contributed by atoms with van der Waals surface area (Å²) in [6, 6.07) is 31.4. The molecule has 0 bridgehead atoms. The fraction of sp³-hybridized carbons (Fsp3) is 0.0714. The summed E-state index contributed by atoms with van der Waals surface area (Å²) in [6.45, 7) is 0. The van der Waals surface area contributed by atoms with Crippen LogP contribution in [0.1, 0.15) is 0 Å². The Kier molecular flexibility index (Phi) is 5.36. The molecule has 5 heteroatoms. The van der Waals surface area contributed by atoms with E-state index in [-0.39, 0.29) is 4.90 Å². The Morgan fingerprint density at radius 1 is 0.606 bits per heavy atom. The molecule has 0 fully saturated rings. The number of hydrogen-bond acceptors (Lipinski definition) is 4. The predicted molar refractivity (Wildman–Crippen MR) is 133 cm³/mol. The van der Waals surface area contributed by atoms with Gasteiger partial charge in [-0.15, -0.1) is 0 Å². The number of benzene rings is 5. The second kappa shape index (κ2) is 8.35. The second-order valence-electron chi connectivity index (χ2n) is 7.73. The molecule has 0 aliphatic rings. The van der Waals surface area contributed by atoms with Crippen LogP contribution in [-0.4, -0.2) is 22.6 Å². The van der Waals surface area contributed by atoms with E-state index in [1.165, 1.54) is 7.11 Å². The molecule has 0 aliphatic heterocycles. The van der Waals surface area contributed by atoms with Crippen molar-refractivity contribution in [3.05, 3.63) is 97.1 Å². The van der Waals surface area contributed by atoms with E-state index in [9.17, 15) is 8.42 Å². The Morgan fingerprint density at radius 2 is 1.30 bits per heavy atom. The van der Waals surface area contributed by atoms with Gasteiger partial charge in [0, 0.05) is 11.1 Å². The first-order chi connectivity index (χ1) is 16.0. The molecule has 5 aromatic carbocycles. The van der Waals surface area contributed by atoms with Crippen LogP contribution in [0.3, 0.4) is 0 Å². The molecule has 4 nitrogen and oxygen atoms in total. The average Bonchev–Trinajstić information content (AvgIpc) is 2.87. The molecule has 5 rings (SSSR count). The molecule has 0 atom stereocenters. The van der Waals surface area contributed by atoms with Crippen molar-refractivity contribution in [3.8, 4) is 28.0 Å². The van der Waals surface area contributed by atoms with Crippen molar-refractivity contribution in [1.82, 2.24) is 0 Å². The number of ether oxygens (including phenoxy) is 1. The van der Waals surface area contributed by atoms with Gasteiger partial charge >= 0.3 is 0 Å². The zero-order valence-electron chi connectivity index (χ0n) is 18.3. The van der Waals surface area contributed by atoms with E-state index in [0.29, 0.717) is 11.3 Å². The number of methoxy groups -OCH3 is 1. The number of hydrogen-bond donors (Lipinski definition) is 0. The van der Waals surface area contributed by atoms with E-state index in [4.69, 9.17) is 8.92 Å². The molecule has 0 N–H and O–H groups in total. The lowest BCUT2D eigenvalue weighted by atomic mass is 9.91. The first-order valence-corrected chi connectivity index (χ1v) is 11.9. The van der Waals surface area contributed by atoms with E-state index in [2.05, 4.69) is 24.3 Å². The highest BCUT2D eigenvalue weighted by atomic mass is 32.2. The topological polar surface area (TPSA) is 52.6 Å². The van der Waals surface area contributed by atoms with Gasteiger partial charge in [0.1, 0.15) is 10.6 Å². The van der Waals surface area contributed by atoms with Crippen LogP contribution in [0.25, 0.3) is 43.8 Å². The van der Waals surface area contributed by atoms with Gasteiger partial charge in [0.2, 0.25) is 0 Å². The molecule has 0 aliphatic carbocycles. The first kappa shape index (κ1) is 21.2. The summed E-state index contributed by atoms with van der Waals surface area (Å²) in [5.41, 5.74) is 3.50. The van der Waals surface area contributed by atoms with E-state index < -0.39 is 10.1 Å². The molecule has 0 amide bonds. The average molecular weight is 455 g/mol. The molecule has 164 valence electrons. The maximum atomic E-state index is 13.0. The second-order valence-corrected chi connectivity index (χ2v) is 9.41. The van der Waals surface area contributed by atoms with Gasteiger partial charge in [-0.3, -0.25) is 4.18 Å². The fourth-order valence-corrected chi connectivity index (χ4v) is 5.23. The van der Waals surface area contributed by atoms with Crippen LogP contribution < -0.4 is 4.74 Å². The summed E-state index contributed by atoms with van der Waals surface area (Å²) in [5.74, 6) is 0.596. The molecule has 0 radical (unpaired) electrons. The van der Waals surface area contributed by atoms with Crippen molar-refractivity contribution in [2.75, 3.05) is 14.2 Å². The minimum absolute atomic E-state index is 0.113.